The van der Waals surface area contributed by atoms with Crippen molar-refractivity contribution in [3.63, 3.8) is 0 Å². The minimum absolute atomic E-state index is 0.0310. The lowest BCUT2D eigenvalue weighted by molar-refractivity contribution is 0.0242. The molecule has 0 unspecified atom stereocenters. The number of carbonyl (C=O) groups excluding carboxylic acids is 1. The first kappa shape index (κ1) is 14.7. The summed E-state index contributed by atoms with van der Waals surface area (Å²) in [6.07, 6.45) is -0.336. The van der Waals surface area contributed by atoms with Crippen LogP contribution in [0, 0.1) is 0 Å². The van der Waals surface area contributed by atoms with Crippen molar-refractivity contribution in [2.45, 2.75) is 39.5 Å². The van der Waals surface area contributed by atoms with Crippen molar-refractivity contribution in [3.05, 3.63) is 34.9 Å². The molecule has 0 saturated carbocycles. The maximum absolute atomic E-state index is 12.0. The zero-order valence-electron chi connectivity index (χ0n) is 11.7. The molecule has 1 aliphatic rings. The van der Waals surface area contributed by atoms with Crippen LogP contribution >= 0.6 is 11.6 Å². The van der Waals surface area contributed by atoms with E-state index in [0.717, 1.165) is 11.1 Å². The number of benzene rings is 1. The van der Waals surface area contributed by atoms with Gasteiger partial charge >= 0.3 is 6.09 Å². The summed E-state index contributed by atoms with van der Waals surface area (Å²) in [5.74, 6) is 0. The zero-order chi connectivity index (χ0) is 14.9. The molecule has 0 aromatic heterocycles. The number of halogens is 1. The van der Waals surface area contributed by atoms with Gasteiger partial charge in [-0.1, -0.05) is 28.9 Å². The predicted molar refractivity (Wildman–Crippen MR) is 76.1 cm³/mol. The summed E-state index contributed by atoms with van der Waals surface area (Å²) in [4.78, 5) is 13.6. The standard InChI is InChI=1S/C14H17ClN2O3/c1-14(2,3)20-13(18)17-7-10-5-4-9(12(15)16-19)6-11(10)8-17/h4-6,19H,7-8H2,1-3H3. The average molecular weight is 297 g/mol. The molecule has 0 aliphatic carbocycles. The molecule has 1 aliphatic heterocycles. The van der Waals surface area contributed by atoms with Crippen molar-refractivity contribution >= 4 is 22.9 Å². The highest BCUT2D eigenvalue weighted by Crippen LogP contribution is 2.26. The molecule has 1 heterocycles. The van der Waals surface area contributed by atoms with Crippen LogP contribution < -0.4 is 0 Å². The largest absolute Gasteiger partial charge is 0.444 e. The quantitative estimate of drug-likeness (QED) is 0.491. The van der Waals surface area contributed by atoms with Crippen LogP contribution in [0.25, 0.3) is 0 Å². The fourth-order valence-electron chi connectivity index (χ4n) is 2.04. The summed E-state index contributed by atoms with van der Waals surface area (Å²) in [6.45, 7) is 6.49. The van der Waals surface area contributed by atoms with Crippen molar-refractivity contribution < 1.29 is 14.7 Å². The fourth-order valence-corrected chi connectivity index (χ4v) is 2.15. The third kappa shape index (κ3) is 3.22. The third-order valence-electron chi connectivity index (χ3n) is 2.91. The van der Waals surface area contributed by atoms with Crippen molar-refractivity contribution in [2.75, 3.05) is 0 Å². The van der Waals surface area contributed by atoms with Gasteiger partial charge in [-0.25, -0.2) is 4.79 Å². The summed E-state index contributed by atoms with van der Waals surface area (Å²) < 4.78 is 5.35. The van der Waals surface area contributed by atoms with Crippen molar-refractivity contribution in [2.24, 2.45) is 5.16 Å². The lowest BCUT2D eigenvalue weighted by atomic mass is 10.1. The second-order valence-corrected chi connectivity index (χ2v) is 6.07. The number of rotatable bonds is 1. The molecule has 5 nitrogen and oxygen atoms in total. The van der Waals surface area contributed by atoms with E-state index >= 15 is 0 Å². The second kappa shape index (κ2) is 5.32. The first-order chi connectivity index (χ1) is 9.30. The van der Waals surface area contributed by atoms with Gasteiger partial charge in [-0.3, -0.25) is 4.90 Å². The molecule has 108 valence electrons. The van der Waals surface area contributed by atoms with E-state index in [9.17, 15) is 4.79 Å². The van der Waals surface area contributed by atoms with Crippen LogP contribution in [-0.4, -0.2) is 27.0 Å². The van der Waals surface area contributed by atoms with Crippen LogP contribution in [0.15, 0.2) is 23.4 Å². The van der Waals surface area contributed by atoms with Gasteiger partial charge in [-0.15, -0.1) is 0 Å². The summed E-state index contributed by atoms with van der Waals surface area (Å²) >= 11 is 5.77. The number of fused-ring (bicyclic) bond motifs is 1. The minimum atomic E-state index is -0.510. The molecule has 2 rings (SSSR count). The van der Waals surface area contributed by atoms with Crippen molar-refractivity contribution in [3.8, 4) is 0 Å². The highest BCUT2D eigenvalue weighted by molar-refractivity contribution is 6.69. The van der Waals surface area contributed by atoms with Crippen LogP contribution in [-0.2, 0) is 17.8 Å². The van der Waals surface area contributed by atoms with Crippen LogP contribution in [0.3, 0.4) is 0 Å². The molecule has 1 aromatic rings. The average Bonchev–Trinajstić information content (AvgIpc) is 2.78. The van der Waals surface area contributed by atoms with Gasteiger partial charge in [0.2, 0.25) is 0 Å². The molecule has 0 radical (unpaired) electrons. The van der Waals surface area contributed by atoms with E-state index in [0.29, 0.717) is 18.7 Å². The summed E-state index contributed by atoms with van der Waals surface area (Å²) in [5, 5.41) is 11.7. The first-order valence-corrected chi connectivity index (χ1v) is 6.65. The summed E-state index contributed by atoms with van der Waals surface area (Å²) in [5.41, 5.74) is 2.14. The van der Waals surface area contributed by atoms with E-state index in [2.05, 4.69) is 5.16 Å². The van der Waals surface area contributed by atoms with Crippen LogP contribution in [0.4, 0.5) is 4.79 Å². The molecular weight excluding hydrogens is 280 g/mol. The van der Waals surface area contributed by atoms with Gasteiger partial charge in [0, 0.05) is 18.7 Å². The van der Waals surface area contributed by atoms with Gasteiger partial charge in [-0.05, 0) is 38.0 Å². The number of hydrogen-bond donors (Lipinski definition) is 1. The zero-order valence-corrected chi connectivity index (χ0v) is 12.4. The molecule has 1 N–H and O–H groups in total. The summed E-state index contributed by atoms with van der Waals surface area (Å²) in [7, 11) is 0. The fraction of sp³-hybridized carbons (Fsp3) is 0.429. The number of oxime groups is 1. The van der Waals surface area contributed by atoms with Crippen LogP contribution in [0.5, 0.6) is 0 Å². The van der Waals surface area contributed by atoms with Gasteiger partial charge in [0.05, 0.1) is 0 Å². The van der Waals surface area contributed by atoms with E-state index < -0.39 is 5.60 Å². The predicted octanol–water partition coefficient (Wildman–Crippen LogP) is 3.31. The normalized spacial score (nSPS) is 15.2. The van der Waals surface area contributed by atoms with E-state index in [1.54, 1.807) is 11.0 Å². The van der Waals surface area contributed by atoms with Gasteiger partial charge in [0.25, 0.3) is 0 Å². The Bertz CT molecular complexity index is 564. The Balaban J connectivity index is 2.13. The highest BCUT2D eigenvalue weighted by Gasteiger charge is 2.27. The Morgan fingerprint density at radius 2 is 2.00 bits per heavy atom. The molecule has 1 amide bonds. The van der Waals surface area contributed by atoms with Crippen molar-refractivity contribution in [1.82, 2.24) is 4.90 Å². The molecule has 0 bridgehead atoms. The van der Waals surface area contributed by atoms with Gasteiger partial charge in [0.15, 0.2) is 5.17 Å². The highest BCUT2D eigenvalue weighted by atomic mass is 35.5. The van der Waals surface area contributed by atoms with Crippen molar-refractivity contribution in [1.29, 1.82) is 0 Å². The molecule has 1 aromatic carbocycles. The van der Waals surface area contributed by atoms with E-state index in [1.807, 2.05) is 32.9 Å². The molecule has 0 saturated heterocycles. The summed E-state index contributed by atoms with van der Waals surface area (Å²) in [6, 6.07) is 5.46. The SMILES string of the molecule is CC(C)(C)OC(=O)N1Cc2ccc(C(Cl)=NO)cc2C1. The van der Waals surface area contributed by atoms with Crippen LogP contribution in [0.2, 0.25) is 0 Å². The second-order valence-electron chi connectivity index (χ2n) is 5.71. The molecule has 0 fully saturated rings. The molecular formula is C14H17ClN2O3. The third-order valence-corrected chi connectivity index (χ3v) is 3.20. The number of hydrogen-bond acceptors (Lipinski definition) is 4. The van der Waals surface area contributed by atoms with E-state index in [4.69, 9.17) is 21.5 Å². The number of carbonyl (C=O) groups is 1. The van der Waals surface area contributed by atoms with Gasteiger partial charge in [0.1, 0.15) is 5.60 Å². The number of amides is 1. The Kier molecular flexibility index (Phi) is 3.90. The maximum atomic E-state index is 12.0. The first-order valence-electron chi connectivity index (χ1n) is 6.28. The van der Waals surface area contributed by atoms with Gasteiger partial charge in [-0.2, -0.15) is 0 Å². The topological polar surface area (TPSA) is 62.1 Å². The lowest BCUT2D eigenvalue weighted by Gasteiger charge is -2.24. The molecule has 0 spiro atoms. The smallest absolute Gasteiger partial charge is 0.410 e. The Labute approximate surface area is 122 Å². The molecule has 20 heavy (non-hydrogen) atoms. The lowest BCUT2D eigenvalue weighted by Crippen LogP contribution is -2.33. The Morgan fingerprint density at radius 1 is 1.35 bits per heavy atom. The van der Waals surface area contributed by atoms with E-state index in [-0.39, 0.29) is 11.3 Å². The van der Waals surface area contributed by atoms with E-state index in [1.165, 1.54) is 0 Å². The Morgan fingerprint density at radius 3 is 2.60 bits per heavy atom. The van der Waals surface area contributed by atoms with Gasteiger partial charge < -0.3 is 9.94 Å². The monoisotopic (exact) mass is 296 g/mol. The molecule has 0 atom stereocenters. The number of nitrogens with zero attached hydrogens (tertiary/aromatic N) is 2. The maximum Gasteiger partial charge on any atom is 0.410 e. The minimum Gasteiger partial charge on any atom is -0.444 e. The molecule has 6 heteroatoms. The van der Waals surface area contributed by atoms with Crippen LogP contribution in [0.1, 0.15) is 37.5 Å². The number of ether oxygens (including phenoxy) is 1. The Hall–Kier alpha value is -1.75.